The third kappa shape index (κ3) is 2.56. The van der Waals surface area contributed by atoms with Crippen molar-refractivity contribution in [3.63, 3.8) is 0 Å². The molecule has 14 heavy (non-hydrogen) atoms. The van der Waals surface area contributed by atoms with Crippen molar-refractivity contribution in [2.75, 3.05) is 19.6 Å². The minimum Gasteiger partial charge on any atom is -0.312 e. The SMILES string of the molecule is NN(C(=O)C(F)(F)F)[C@H]1CNCCN1. The monoisotopic (exact) mass is 212 g/mol. The molecule has 1 saturated heterocycles. The summed E-state index contributed by atoms with van der Waals surface area (Å²) in [5, 5.41) is 5.68. The molecule has 5 nitrogen and oxygen atoms in total. The average molecular weight is 212 g/mol. The van der Waals surface area contributed by atoms with Crippen LogP contribution in [0.25, 0.3) is 0 Å². The van der Waals surface area contributed by atoms with E-state index in [2.05, 4.69) is 10.6 Å². The van der Waals surface area contributed by atoms with Gasteiger partial charge in [0.25, 0.3) is 0 Å². The van der Waals surface area contributed by atoms with Crippen LogP contribution in [0, 0.1) is 0 Å². The molecular formula is C6H11F3N4O. The van der Waals surface area contributed by atoms with E-state index in [-0.39, 0.29) is 11.6 Å². The van der Waals surface area contributed by atoms with E-state index in [9.17, 15) is 18.0 Å². The van der Waals surface area contributed by atoms with Gasteiger partial charge in [-0.05, 0) is 0 Å². The maximum absolute atomic E-state index is 11.9. The van der Waals surface area contributed by atoms with Gasteiger partial charge >= 0.3 is 12.1 Å². The molecule has 1 fully saturated rings. The lowest BCUT2D eigenvalue weighted by molar-refractivity contribution is -0.189. The van der Waals surface area contributed by atoms with Gasteiger partial charge in [0.2, 0.25) is 0 Å². The molecule has 1 rings (SSSR count). The van der Waals surface area contributed by atoms with Crippen molar-refractivity contribution in [1.82, 2.24) is 15.6 Å². The van der Waals surface area contributed by atoms with Crippen LogP contribution >= 0.6 is 0 Å². The van der Waals surface area contributed by atoms with Crippen LogP contribution in [-0.2, 0) is 4.79 Å². The number of hydrogen-bond donors (Lipinski definition) is 3. The van der Waals surface area contributed by atoms with Gasteiger partial charge in [0.1, 0.15) is 6.17 Å². The van der Waals surface area contributed by atoms with E-state index < -0.39 is 18.2 Å². The van der Waals surface area contributed by atoms with Crippen molar-refractivity contribution in [1.29, 1.82) is 0 Å². The molecule has 1 aliphatic rings. The molecule has 0 aromatic rings. The zero-order chi connectivity index (χ0) is 10.8. The van der Waals surface area contributed by atoms with Crippen molar-refractivity contribution < 1.29 is 18.0 Å². The van der Waals surface area contributed by atoms with E-state index in [1.165, 1.54) is 0 Å². The fourth-order valence-corrected chi connectivity index (χ4v) is 1.12. The number of alkyl halides is 3. The van der Waals surface area contributed by atoms with E-state index in [0.29, 0.717) is 13.1 Å². The lowest BCUT2D eigenvalue weighted by Gasteiger charge is -2.32. The highest BCUT2D eigenvalue weighted by atomic mass is 19.4. The summed E-state index contributed by atoms with van der Waals surface area (Å²) < 4.78 is 35.8. The second-order valence-electron chi connectivity index (χ2n) is 2.88. The third-order valence-electron chi connectivity index (χ3n) is 1.83. The van der Waals surface area contributed by atoms with Crippen molar-refractivity contribution in [3.8, 4) is 0 Å². The number of nitrogens with one attached hydrogen (secondary N) is 2. The molecule has 0 radical (unpaired) electrons. The summed E-state index contributed by atoms with van der Waals surface area (Å²) in [5.41, 5.74) is 0. The molecule has 0 aliphatic carbocycles. The van der Waals surface area contributed by atoms with Crippen LogP contribution < -0.4 is 16.5 Å². The molecule has 0 unspecified atom stereocenters. The van der Waals surface area contributed by atoms with Gasteiger partial charge in [-0.25, -0.2) is 5.84 Å². The summed E-state index contributed by atoms with van der Waals surface area (Å²) in [6.45, 7) is 1.33. The predicted octanol–water partition coefficient (Wildman–Crippen LogP) is -1.23. The standard InChI is InChI=1S/C6H11F3N4O/c7-6(8,9)5(14)13(10)4-3-11-1-2-12-4/h4,11-12H,1-3,10H2/t4-/m0/s1. The van der Waals surface area contributed by atoms with Gasteiger partial charge in [-0.3, -0.25) is 15.1 Å². The predicted molar refractivity (Wildman–Crippen MR) is 41.7 cm³/mol. The molecule has 4 N–H and O–H groups in total. The minimum atomic E-state index is -4.92. The number of nitrogens with zero attached hydrogens (tertiary/aromatic N) is 1. The van der Waals surface area contributed by atoms with Crippen LogP contribution in [0.4, 0.5) is 13.2 Å². The molecular weight excluding hydrogens is 201 g/mol. The number of hydrazine groups is 1. The van der Waals surface area contributed by atoms with Crippen molar-refractivity contribution in [2.24, 2.45) is 5.84 Å². The normalized spacial score (nSPS) is 23.3. The maximum atomic E-state index is 11.9. The molecule has 0 aromatic carbocycles. The summed E-state index contributed by atoms with van der Waals surface area (Å²) in [6.07, 6.45) is -5.73. The highest BCUT2D eigenvalue weighted by Crippen LogP contribution is 2.17. The van der Waals surface area contributed by atoms with Crippen LogP contribution in [0.15, 0.2) is 0 Å². The van der Waals surface area contributed by atoms with E-state index in [1.54, 1.807) is 0 Å². The lowest BCUT2D eigenvalue weighted by atomic mass is 10.3. The number of halogens is 3. The Morgan fingerprint density at radius 2 is 2.07 bits per heavy atom. The summed E-state index contributed by atoms with van der Waals surface area (Å²) in [7, 11) is 0. The number of rotatable bonds is 1. The Kier molecular flexibility index (Phi) is 3.29. The first-order valence-corrected chi connectivity index (χ1v) is 4.02. The Balaban J connectivity index is 2.55. The topological polar surface area (TPSA) is 70.4 Å². The molecule has 0 aromatic heterocycles. The first kappa shape index (κ1) is 11.2. The summed E-state index contributed by atoms with van der Waals surface area (Å²) in [6, 6.07) is 0. The van der Waals surface area contributed by atoms with Gasteiger partial charge in [-0.15, -0.1) is 0 Å². The van der Waals surface area contributed by atoms with Crippen molar-refractivity contribution in [2.45, 2.75) is 12.3 Å². The highest BCUT2D eigenvalue weighted by Gasteiger charge is 2.43. The summed E-state index contributed by atoms with van der Waals surface area (Å²) in [5.74, 6) is 3.00. The molecule has 82 valence electrons. The van der Waals surface area contributed by atoms with Crippen LogP contribution in [0.3, 0.4) is 0 Å². The molecule has 0 bridgehead atoms. The molecule has 0 saturated carbocycles. The fraction of sp³-hybridized carbons (Fsp3) is 0.833. The first-order valence-electron chi connectivity index (χ1n) is 4.02. The number of hydrogen-bond acceptors (Lipinski definition) is 4. The summed E-state index contributed by atoms with van der Waals surface area (Å²) in [4.78, 5) is 10.7. The molecule has 1 aliphatic heterocycles. The second kappa shape index (κ2) is 4.11. The number of piperazine rings is 1. The number of carbonyl (C=O) groups is 1. The second-order valence-corrected chi connectivity index (χ2v) is 2.88. The Bertz CT molecular complexity index is 214. The molecule has 1 atom stereocenters. The highest BCUT2D eigenvalue weighted by molar-refractivity contribution is 5.81. The Hall–Kier alpha value is -0.860. The van der Waals surface area contributed by atoms with E-state index in [0.717, 1.165) is 0 Å². The minimum absolute atomic E-state index is 0.173. The Morgan fingerprint density at radius 3 is 2.50 bits per heavy atom. The van der Waals surface area contributed by atoms with Gasteiger partial charge in [0.15, 0.2) is 0 Å². The van der Waals surface area contributed by atoms with Crippen LogP contribution in [-0.4, -0.2) is 42.9 Å². The molecule has 1 amide bonds. The van der Waals surface area contributed by atoms with Crippen LogP contribution in [0.5, 0.6) is 0 Å². The Labute approximate surface area is 78.4 Å². The maximum Gasteiger partial charge on any atom is 0.472 e. The van der Waals surface area contributed by atoms with Crippen molar-refractivity contribution in [3.05, 3.63) is 0 Å². The molecule has 1 heterocycles. The molecule has 8 heteroatoms. The first-order chi connectivity index (χ1) is 6.43. The zero-order valence-electron chi connectivity index (χ0n) is 7.27. The van der Waals surface area contributed by atoms with Crippen molar-refractivity contribution >= 4 is 5.91 Å². The number of amides is 1. The van der Waals surface area contributed by atoms with Crippen LogP contribution in [0.1, 0.15) is 0 Å². The van der Waals surface area contributed by atoms with Crippen LogP contribution in [0.2, 0.25) is 0 Å². The quantitative estimate of drug-likeness (QED) is 0.289. The Morgan fingerprint density at radius 1 is 1.43 bits per heavy atom. The van der Waals surface area contributed by atoms with E-state index in [1.807, 2.05) is 0 Å². The van der Waals surface area contributed by atoms with Gasteiger partial charge < -0.3 is 5.32 Å². The summed E-state index contributed by atoms with van der Waals surface area (Å²) >= 11 is 0. The van der Waals surface area contributed by atoms with Gasteiger partial charge in [-0.2, -0.15) is 13.2 Å². The fourth-order valence-electron chi connectivity index (χ4n) is 1.12. The van der Waals surface area contributed by atoms with E-state index in [4.69, 9.17) is 5.84 Å². The van der Waals surface area contributed by atoms with Gasteiger partial charge in [0, 0.05) is 19.6 Å². The van der Waals surface area contributed by atoms with Gasteiger partial charge in [-0.1, -0.05) is 0 Å². The number of nitrogens with two attached hydrogens (primary N) is 1. The molecule has 0 spiro atoms. The average Bonchev–Trinajstić information content (AvgIpc) is 2.15. The third-order valence-corrected chi connectivity index (χ3v) is 1.83. The number of carbonyl (C=O) groups excluding carboxylic acids is 1. The van der Waals surface area contributed by atoms with Gasteiger partial charge in [0.05, 0.1) is 0 Å². The zero-order valence-corrected chi connectivity index (χ0v) is 7.27. The smallest absolute Gasteiger partial charge is 0.312 e. The van der Waals surface area contributed by atoms with E-state index >= 15 is 0 Å². The largest absolute Gasteiger partial charge is 0.472 e. The lowest BCUT2D eigenvalue weighted by Crippen LogP contribution is -2.63.